The highest BCUT2D eigenvalue weighted by molar-refractivity contribution is 8.00. The molecule has 1 heterocycles. The van der Waals surface area contributed by atoms with Crippen molar-refractivity contribution in [2.45, 2.75) is 19.9 Å². The minimum absolute atomic E-state index is 0.00391. The van der Waals surface area contributed by atoms with Crippen LogP contribution < -0.4 is 10.6 Å². The second-order valence-electron chi connectivity index (χ2n) is 5.22. The molecule has 1 aromatic heterocycles. The average molecular weight is 348 g/mol. The zero-order chi connectivity index (χ0) is 16.7. The summed E-state index contributed by atoms with van der Waals surface area (Å²) in [6, 6.07) is 11.6. The maximum Gasteiger partial charge on any atom is 0.234 e. The zero-order valence-corrected chi connectivity index (χ0v) is 14.8. The first kappa shape index (κ1) is 17.6. The van der Waals surface area contributed by atoms with Gasteiger partial charge in [-0.15, -0.1) is 23.1 Å². The maximum absolute atomic E-state index is 11.9. The summed E-state index contributed by atoms with van der Waals surface area (Å²) >= 11 is 2.93. The van der Waals surface area contributed by atoms with Crippen LogP contribution in [0, 0.1) is 6.92 Å². The molecule has 2 amide bonds. The molecular weight excluding hydrogens is 328 g/mol. The molecule has 2 N–H and O–H groups in total. The van der Waals surface area contributed by atoms with E-state index in [4.69, 9.17) is 0 Å². The number of anilines is 1. The molecule has 1 aromatic carbocycles. The Morgan fingerprint density at radius 1 is 1.17 bits per heavy atom. The molecule has 122 valence electrons. The van der Waals surface area contributed by atoms with Crippen LogP contribution in [-0.2, 0) is 9.59 Å². The number of hydrogen-bond acceptors (Lipinski definition) is 4. The molecule has 0 saturated carbocycles. The average Bonchev–Trinajstić information content (AvgIpc) is 3.01. The van der Waals surface area contributed by atoms with Gasteiger partial charge in [0.1, 0.15) is 0 Å². The Labute approximate surface area is 144 Å². The minimum atomic E-state index is -0.0975. The van der Waals surface area contributed by atoms with Crippen molar-refractivity contribution in [3.05, 3.63) is 52.2 Å². The molecule has 2 rings (SSSR count). The topological polar surface area (TPSA) is 58.2 Å². The van der Waals surface area contributed by atoms with Gasteiger partial charge in [-0.25, -0.2) is 0 Å². The van der Waals surface area contributed by atoms with Crippen molar-refractivity contribution in [3.8, 4) is 0 Å². The highest BCUT2D eigenvalue weighted by atomic mass is 32.2. The number of rotatable bonds is 7. The summed E-state index contributed by atoms with van der Waals surface area (Å²) in [6.45, 7) is 3.93. The Bertz CT molecular complexity index is 656. The monoisotopic (exact) mass is 348 g/mol. The number of hydrogen-bond donors (Lipinski definition) is 2. The van der Waals surface area contributed by atoms with Gasteiger partial charge in [0.2, 0.25) is 11.8 Å². The Hall–Kier alpha value is -1.79. The fourth-order valence-corrected chi connectivity index (χ4v) is 3.41. The van der Waals surface area contributed by atoms with Crippen molar-refractivity contribution in [1.29, 1.82) is 0 Å². The number of aryl methyl sites for hydroxylation is 1. The molecule has 0 saturated heterocycles. The van der Waals surface area contributed by atoms with E-state index in [1.54, 1.807) is 11.3 Å². The van der Waals surface area contributed by atoms with Gasteiger partial charge < -0.3 is 10.6 Å². The van der Waals surface area contributed by atoms with Gasteiger partial charge in [-0.2, -0.15) is 0 Å². The Morgan fingerprint density at radius 2 is 1.96 bits per heavy atom. The molecule has 0 aliphatic carbocycles. The number of nitrogens with one attached hydrogen (secondary N) is 2. The molecule has 0 aliphatic heterocycles. The van der Waals surface area contributed by atoms with E-state index < -0.39 is 0 Å². The highest BCUT2D eigenvalue weighted by Gasteiger charge is 2.11. The summed E-state index contributed by atoms with van der Waals surface area (Å²) < 4.78 is 0. The van der Waals surface area contributed by atoms with E-state index in [1.807, 2.05) is 55.6 Å². The summed E-state index contributed by atoms with van der Waals surface area (Å²) in [5.41, 5.74) is 1.88. The third-order valence-electron chi connectivity index (χ3n) is 3.12. The number of thiophene rings is 1. The predicted molar refractivity (Wildman–Crippen MR) is 98.0 cm³/mol. The van der Waals surface area contributed by atoms with Gasteiger partial charge in [0.15, 0.2) is 0 Å². The number of carbonyl (C=O) groups excluding carboxylic acids is 2. The van der Waals surface area contributed by atoms with Gasteiger partial charge in [-0.1, -0.05) is 18.2 Å². The fraction of sp³-hybridized carbons (Fsp3) is 0.294. The van der Waals surface area contributed by atoms with Crippen molar-refractivity contribution in [2.24, 2.45) is 0 Å². The van der Waals surface area contributed by atoms with Gasteiger partial charge in [0.05, 0.1) is 17.5 Å². The van der Waals surface area contributed by atoms with E-state index in [-0.39, 0.29) is 29.4 Å². The molecule has 0 spiro atoms. The van der Waals surface area contributed by atoms with Crippen molar-refractivity contribution < 1.29 is 9.59 Å². The number of benzene rings is 1. The van der Waals surface area contributed by atoms with Crippen molar-refractivity contribution >= 4 is 40.6 Å². The standard InChI is InChI=1S/C17H20N2O2S2/c1-12-5-3-6-14(9-12)19-17(21)11-22-10-16(20)18-13(2)15-7-4-8-23-15/h3-9,13H,10-11H2,1-2H3,(H,18,20)(H,19,21). The lowest BCUT2D eigenvalue weighted by atomic mass is 10.2. The molecule has 1 unspecified atom stereocenters. The van der Waals surface area contributed by atoms with Crippen LogP contribution in [0.4, 0.5) is 5.69 Å². The Balaban J connectivity index is 1.68. The van der Waals surface area contributed by atoms with Gasteiger partial charge in [0.25, 0.3) is 0 Å². The predicted octanol–water partition coefficient (Wildman–Crippen LogP) is 3.61. The second kappa shape index (κ2) is 8.74. The summed E-state index contributed by atoms with van der Waals surface area (Å²) in [5.74, 6) is 0.380. The Morgan fingerprint density at radius 3 is 2.65 bits per heavy atom. The van der Waals surface area contributed by atoms with Crippen molar-refractivity contribution in [1.82, 2.24) is 5.32 Å². The maximum atomic E-state index is 11.9. The van der Waals surface area contributed by atoms with Crippen LogP contribution in [0.3, 0.4) is 0 Å². The second-order valence-corrected chi connectivity index (χ2v) is 7.18. The third kappa shape index (κ3) is 6.08. The smallest absolute Gasteiger partial charge is 0.234 e. The first-order valence-corrected chi connectivity index (χ1v) is 9.35. The van der Waals surface area contributed by atoms with E-state index in [9.17, 15) is 9.59 Å². The molecule has 6 heteroatoms. The molecule has 4 nitrogen and oxygen atoms in total. The molecule has 0 fully saturated rings. The van der Waals surface area contributed by atoms with Crippen LogP contribution in [0.5, 0.6) is 0 Å². The molecule has 0 radical (unpaired) electrons. The molecule has 0 bridgehead atoms. The first-order chi connectivity index (χ1) is 11.0. The van der Waals surface area contributed by atoms with Gasteiger partial charge in [0, 0.05) is 10.6 Å². The molecule has 2 aromatic rings. The minimum Gasteiger partial charge on any atom is -0.348 e. The van der Waals surface area contributed by atoms with Crippen molar-refractivity contribution in [3.63, 3.8) is 0 Å². The van der Waals surface area contributed by atoms with E-state index in [2.05, 4.69) is 10.6 Å². The molecule has 23 heavy (non-hydrogen) atoms. The first-order valence-electron chi connectivity index (χ1n) is 7.31. The quantitative estimate of drug-likeness (QED) is 0.804. The third-order valence-corrected chi connectivity index (χ3v) is 5.10. The summed E-state index contributed by atoms with van der Waals surface area (Å²) in [4.78, 5) is 24.9. The van der Waals surface area contributed by atoms with E-state index in [1.165, 1.54) is 11.8 Å². The molecule has 1 atom stereocenters. The normalized spacial score (nSPS) is 11.7. The molecular formula is C17H20N2O2S2. The SMILES string of the molecule is Cc1cccc(NC(=O)CSCC(=O)NC(C)c2cccs2)c1. The number of carbonyl (C=O) groups is 2. The van der Waals surface area contributed by atoms with Crippen LogP contribution in [0.25, 0.3) is 0 Å². The highest BCUT2D eigenvalue weighted by Crippen LogP contribution is 2.18. The van der Waals surface area contributed by atoms with Gasteiger partial charge in [-0.3, -0.25) is 9.59 Å². The van der Waals surface area contributed by atoms with E-state index in [0.29, 0.717) is 0 Å². The lowest BCUT2D eigenvalue weighted by molar-refractivity contribution is -0.119. The number of thioether (sulfide) groups is 1. The van der Waals surface area contributed by atoms with Crippen LogP contribution >= 0.6 is 23.1 Å². The number of amides is 2. The zero-order valence-electron chi connectivity index (χ0n) is 13.2. The van der Waals surface area contributed by atoms with E-state index in [0.717, 1.165) is 16.1 Å². The Kier molecular flexibility index (Phi) is 6.67. The lowest BCUT2D eigenvalue weighted by Crippen LogP contribution is -2.28. The summed E-state index contributed by atoms with van der Waals surface area (Å²) in [5, 5.41) is 7.75. The summed E-state index contributed by atoms with van der Waals surface area (Å²) in [6.07, 6.45) is 0. The molecule has 0 aliphatic rings. The summed E-state index contributed by atoms with van der Waals surface area (Å²) in [7, 11) is 0. The van der Waals surface area contributed by atoms with Gasteiger partial charge >= 0.3 is 0 Å². The van der Waals surface area contributed by atoms with Gasteiger partial charge in [-0.05, 0) is 43.0 Å². The van der Waals surface area contributed by atoms with Crippen LogP contribution in [0.1, 0.15) is 23.4 Å². The fourth-order valence-electron chi connectivity index (χ4n) is 2.05. The lowest BCUT2D eigenvalue weighted by Gasteiger charge is -2.12. The van der Waals surface area contributed by atoms with E-state index >= 15 is 0 Å². The van der Waals surface area contributed by atoms with Crippen molar-refractivity contribution in [2.75, 3.05) is 16.8 Å². The van der Waals surface area contributed by atoms with Crippen LogP contribution in [-0.4, -0.2) is 23.3 Å². The largest absolute Gasteiger partial charge is 0.348 e. The van der Waals surface area contributed by atoms with Crippen LogP contribution in [0.2, 0.25) is 0 Å². The van der Waals surface area contributed by atoms with Crippen LogP contribution in [0.15, 0.2) is 41.8 Å².